The third-order valence-corrected chi connectivity index (χ3v) is 5.28. The second-order valence-corrected chi connectivity index (χ2v) is 7.94. The van der Waals surface area contributed by atoms with Crippen molar-refractivity contribution >= 4 is 33.3 Å². The molecule has 1 heterocycles. The van der Waals surface area contributed by atoms with Gasteiger partial charge in [0, 0.05) is 23.7 Å². The smallest absolute Gasteiger partial charge is 0.340 e. The van der Waals surface area contributed by atoms with Gasteiger partial charge < -0.3 is 9.50 Å². The Morgan fingerprint density at radius 2 is 1.89 bits per heavy atom. The van der Waals surface area contributed by atoms with Gasteiger partial charge in [-0.1, -0.05) is 24.6 Å². The Bertz CT molecular complexity index is 1110. The highest BCUT2D eigenvalue weighted by Crippen LogP contribution is 2.26. The number of anilines is 1. The zero-order chi connectivity index (χ0) is 20.3. The second-order valence-electron chi connectivity index (χ2n) is 5.96. The molecular formula is C19H18ClN3O4S. The van der Waals surface area contributed by atoms with Gasteiger partial charge in [-0.3, -0.25) is 4.79 Å². The molecule has 7 nitrogen and oxygen atoms in total. The van der Waals surface area contributed by atoms with Gasteiger partial charge in [0.2, 0.25) is 11.8 Å². The van der Waals surface area contributed by atoms with Crippen LogP contribution in [0.4, 0.5) is 5.69 Å². The zero-order valence-corrected chi connectivity index (χ0v) is 16.8. The topological polar surface area (TPSA) is 90.3 Å². The van der Waals surface area contributed by atoms with Crippen LogP contribution in [0.15, 0.2) is 59.5 Å². The molecule has 0 bridgehead atoms. The number of nitrogens with zero attached hydrogens (tertiary/aromatic N) is 2. The molecule has 146 valence electrons. The van der Waals surface area contributed by atoms with E-state index in [0.29, 0.717) is 28.5 Å². The molecule has 0 spiro atoms. The lowest BCUT2D eigenvalue weighted by molar-refractivity contribution is -0.114. The number of carbonyl (C=O) groups excluding carboxylic acids is 1. The van der Waals surface area contributed by atoms with Crippen molar-refractivity contribution in [2.75, 3.05) is 5.32 Å². The number of amides is 1. The third kappa shape index (κ3) is 4.52. The summed E-state index contributed by atoms with van der Waals surface area (Å²) < 4.78 is 32.2. The Morgan fingerprint density at radius 3 is 2.50 bits per heavy atom. The van der Waals surface area contributed by atoms with Crippen molar-refractivity contribution in [3.63, 3.8) is 0 Å². The second kappa shape index (κ2) is 8.04. The summed E-state index contributed by atoms with van der Waals surface area (Å²) in [4.78, 5) is 11.0. The highest BCUT2D eigenvalue weighted by Gasteiger charge is 2.21. The van der Waals surface area contributed by atoms with Crippen LogP contribution in [0, 0.1) is 0 Å². The highest BCUT2D eigenvalue weighted by atomic mass is 35.5. The van der Waals surface area contributed by atoms with E-state index in [4.69, 9.17) is 15.8 Å². The fourth-order valence-electron chi connectivity index (χ4n) is 2.50. The maximum atomic E-state index is 12.7. The van der Waals surface area contributed by atoms with Crippen LogP contribution in [0.1, 0.15) is 19.5 Å². The number of aryl methyl sites for hydroxylation is 1. The van der Waals surface area contributed by atoms with Crippen LogP contribution in [0.2, 0.25) is 5.02 Å². The van der Waals surface area contributed by atoms with E-state index in [1.165, 1.54) is 35.9 Å². The molecule has 0 aliphatic carbocycles. The summed E-state index contributed by atoms with van der Waals surface area (Å²) in [5.74, 6) is -0.186. The minimum Gasteiger partial charge on any atom is -0.358 e. The van der Waals surface area contributed by atoms with Crippen LogP contribution in [0.5, 0.6) is 5.88 Å². The largest absolute Gasteiger partial charge is 0.358 e. The SMILES string of the molecule is CCc1cc(OS(=O)(=O)c2ccc(NC(C)=O)cc2)n(-c2cccc(Cl)c2)n1. The maximum Gasteiger partial charge on any atom is 0.340 e. The van der Waals surface area contributed by atoms with Gasteiger partial charge in [-0.25, -0.2) is 0 Å². The summed E-state index contributed by atoms with van der Waals surface area (Å²) >= 11 is 6.04. The van der Waals surface area contributed by atoms with Crippen LogP contribution in [0.25, 0.3) is 5.69 Å². The van der Waals surface area contributed by atoms with Gasteiger partial charge in [-0.2, -0.15) is 18.2 Å². The molecule has 0 saturated heterocycles. The molecule has 1 aromatic heterocycles. The fourth-order valence-corrected chi connectivity index (χ4v) is 3.60. The van der Waals surface area contributed by atoms with E-state index in [2.05, 4.69) is 10.4 Å². The Hall–Kier alpha value is -2.84. The molecule has 0 fully saturated rings. The summed E-state index contributed by atoms with van der Waals surface area (Å²) in [7, 11) is -4.10. The first-order valence-corrected chi connectivity index (χ1v) is 10.2. The van der Waals surface area contributed by atoms with Gasteiger partial charge in [0.15, 0.2) is 0 Å². The predicted molar refractivity (Wildman–Crippen MR) is 107 cm³/mol. The van der Waals surface area contributed by atoms with Gasteiger partial charge in [0.05, 0.1) is 11.4 Å². The number of hydrogen-bond acceptors (Lipinski definition) is 5. The van der Waals surface area contributed by atoms with E-state index in [1.54, 1.807) is 30.3 Å². The van der Waals surface area contributed by atoms with Crippen molar-refractivity contribution in [3.05, 3.63) is 65.3 Å². The summed E-state index contributed by atoms with van der Waals surface area (Å²) in [5, 5.41) is 7.46. The summed E-state index contributed by atoms with van der Waals surface area (Å²) in [6.07, 6.45) is 0.607. The van der Waals surface area contributed by atoms with Gasteiger partial charge in [-0.15, -0.1) is 0 Å². The minimum atomic E-state index is -4.10. The van der Waals surface area contributed by atoms with Crippen molar-refractivity contribution in [2.24, 2.45) is 0 Å². The molecule has 9 heteroatoms. The zero-order valence-electron chi connectivity index (χ0n) is 15.2. The summed E-state index contributed by atoms with van der Waals surface area (Å²) in [6, 6.07) is 14.1. The summed E-state index contributed by atoms with van der Waals surface area (Å²) in [5.41, 5.74) is 1.74. The van der Waals surface area contributed by atoms with Crippen LogP contribution in [0.3, 0.4) is 0 Å². The van der Waals surface area contributed by atoms with Crippen molar-refractivity contribution in [1.29, 1.82) is 0 Å². The number of carbonyl (C=O) groups is 1. The molecule has 28 heavy (non-hydrogen) atoms. The molecule has 3 aromatic rings. The number of rotatable bonds is 6. The van der Waals surface area contributed by atoms with E-state index in [0.717, 1.165) is 0 Å². The average molecular weight is 420 g/mol. The van der Waals surface area contributed by atoms with Crippen LogP contribution in [-0.4, -0.2) is 24.1 Å². The maximum absolute atomic E-state index is 12.7. The molecule has 0 saturated carbocycles. The molecule has 2 aromatic carbocycles. The Kier molecular flexibility index (Phi) is 5.71. The molecule has 1 amide bonds. The highest BCUT2D eigenvalue weighted by molar-refractivity contribution is 7.87. The molecule has 0 aliphatic heterocycles. The number of nitrogens with one attached hydrogen (secondary N) is 1. The number of aromatic nitrogens is 2. The van der Waals surface area contributed by atoms with Gasteiger partial charge in [-0.05, 0) is 48.9 Å². The van der Waals surface area contributed by atoms with E-state index in [-0.39, 0.29) is 16.7 Å². The first-order valence-electron chi connectivity index (χ1n) is 8.45. The first-order chi connectivity index (χ1) is 13.3. The van der Waals surface area contributed by atoms with Gasteiger partial charge >= 0.3 is 10.1 Å². The molecule has 1 N–H and O–H groups in total. The van der Waals surface area contributed by atoms with Gasteiger partial charge in [0.1, 0.15) is 4.90 Å². The average Bonchev–Trinajstić information content (AvgIpc) is 3.04. The molecular weight excluding hydrogens is 402 g/mol. The minimum absolute atomic E-state index is 0.0431. The van der Waals surface area contributed by atoms with E-state index in [9.17, 15) is 13.2 Å². The monoisotopic (exact) mass is 419 g/mol. The van der Waals surface area contributed by atoms with Crippen molar-refractivity contribution < 1.29 is 17.4 Å². The van der Waals surface area contributed by atoms with Crippen molar-refractivity contribution in [3.8, 4) is 11.6 Å². The van der Waals surface area contributed by atoms with E-state index in [1.807, 2.05) is 6.92 Å². The lowest BCUT2D eigenvalue weighted by atomic mass is 10.3. The van der Waals surface area contributed by atoms with Crippen LogP contribution >= 0.6 is 11.6 Å². The lowest BCUT2D eigenvalue weighted by Crippen LogP contribution is -2.13. The number of hydrogen-bond donors (Lipinski definition) is 1. The Morgan fingerprint density at radius 1 is 1.18 bits per heavy atom. The van der Waals surface area contributed by atoms with Crippen molar-refractivity contribution in [2.45, 2.75) is 25.2 Å². The molecule has 0 radical (unpaired) electrons. The normalized spacial score (nSPS) is 11.2. The predicted octanol–water partition coefficient (Wildman–Crippen LogP) is 3.81. The molecule has 0 atom stereocenters. The third-order valence-electron chi connectivity index (χ3n) is 3.80. The summed E-state index contributed by atoms with van der Waals surface area (Å²) in [6.45, 7) is 3.28. The molecule has 3 rings (SSSR count). The molecule has 0 aliphatic rings. The fraction of sp³-hybridized carbons (Fsp3) is 0.158. The van der Waals surface area contributed by atoms with Crippen LogP contribution in [-0.2, 0) is 21.3 Å². The van der Waals surface area contributed by atoms with Crippen LogP contribution < -0.4 is 9.50 Å². The van der Waals surface area contributed by atoms with Crippen molar-refractivity contribution in [1.82, 2.24) is 9.78 Å². The Labute approximate surface area is 168 Å². The van der Waals surface area contributed by atoms with E-state index < -0.39 is 10.1 Å². The molecule has 0 unspecified atom stereocenters. The number of halogens is 1. The standard InChI is InChI=1S/C19H18ClN3O4S/c1-3-15-12-19(23(22-15)17-6-4-5-14(20)11-17)27-28(25,26)18-9-7-16(8-10-18)21-13(2)24/h4-12H,3H2,1-2H3,(H,21,24). The number of benzene rings is 2. The van der Waals surface area contributed by atoms with Gasteiger partial charge in [0.25, 0.3) is 0 Å². The Balaban J connectivity index is 1.94. The van der Waals surface area contributed by atoms with E-state index >= 15 is 0 Å². The quantitative estimate of drug-likeness (QED) is 0.613. The lowest BCUT2D eigenvalue weighted by Gasteiger charge is -2.10. The first kappa shape index (κ1) is 19.9.